The Morgan fingerprint density at radius 3 is 2.57 bits per heavy atom. The zero-order valence-corrected chi connectivity index (χ0v) is 12.6. The van der Waals surface area contributed by atoms with E-state index in [9.17, 15) is 9.90 Å². The van der Waals surface area contributed by atoms with Gasteiger partial charge in [0.05, 0.1) is 13.2 Å². The van der Waals surface area contributed by atoms with Gasteiger partial charge in [-0.15, -0.1) is 0 Å². The molecule has 0 saturated heterocycles. The second kappa shape index (κ2) is 8.80. The molecule has 1 aliphatic rings. The molecule has 21 heavy (non-hydrogen) atoms. The summed E-state index contributed by atoms with van der Waals surface area (Å²) in [6, 6.07) is 10.3. The van der Waals surface area contributed by atoms with Gasteiger partial charge in [-0.2, -0.15) is 0 Å². The molecule has 1 saturated carbocycles. The summed E-state index contributed by atoms with van der Waals surface area (Å²) >= 11 is 0. The van der Waals surface area contributed by atoms with Gasteiger partial charge < -0.3 is 15.7 Å². The maximum atomic E-state index is 11.9. The van der Waals surface area contributed by atoms with E-state index in [-0.39, 0.29) is 25.1 Å². The summed E-state index contributed by atoms with van der Waals surface area (Å²) < 4.78 is 0. The average Bonchev–Trinajstić information content (AvgIpc) is 2.53. The summed E-state index contributed by atoms with van der Waals surface area (Å²) in [5, 5.41) is 15.7. The van der Waals surface area contributed by atoms with Crippen LogP contribution in [0.3, 0.4) is 0 Å². The van der Waals surface area contributed by atoms with Crippen molar-refractivity contribution in [2.45, 2.75) is 50.6 Å². The Bertz CT molecular complexity index is 416. The van der Waals surface area contributed by atoms with Gasteiger partial charge in [0.1, 0.15) is 0 Å². The van der Waals surface area contributed by atoms with Crippen LogP contribution in [0.4, 0.5) is 0 Å². The van der Waals surface area contributed by atoms with Crippen LogP contribution in [0.5, 0.6) is 0 Å². The van der Waals surface area contributed by atoms with Crippen molar-refractivity contribution in [1.29, 1.82) is 0 Å². The normalized spacial score (nSPS) is 17.4. The van der Waals surface area contributed by atoms with E-state index in [1.807, 2.05) is 30.3 Å². The lowest BCUT2D eigenvalue weighted by Gasteiger charge is -2.23. The van der Waals surface area contributed by atoms with Crippen LogP contribution in [0, 0.1) is 0 Å². The third kappa shape index (κ3) is 5.86. The molecule has 0 heterocycles. The van der Waals surface area contributed by atoms with E-state index < -0.39 is 0 Å². The molecule has 1 unspecified atom stereocenters. The topological polar surface area (TPSA) is 61.4 Å². The Balaban J connectivity index is 1.70. The molecular weight excluding hydrogens is 264 g/mol. The molecule has 0 radical (unpaired) electrons. The summed E-state index contributed by atoms with van der Waals surface area (Å²) in [6.45, 7) is 0.306. The molecule has 1 aliphatic carbocycles. The van der Waals surface area contributed by atoms with Gasteiger partial charge in [0.2, 0.25) is 5.91 Å². The first-order chi connectivity index (χ1) is 10.3. The highest BCUT2D eigenvalue weighted by Gasteiger charge is 2.16. The maximum absolute atomic E-state index is 11.9. The molecule has 0 aliphatic heterocycles. The summed E-state index contributed by atoms with van der Waals surface area (Å²) in [7, 11) is 0. The number of benzene rings is 1. The predicted octanol–water partition coefficient (Wildman–Crippen LogP) is 1.63. The van der Waals surface area contributed by atoms with Crippen molar-refractivity contribution in [1.82, 2.24) is 10.6 Å². The number of aliphatic hydroxyl groups excluding tert-OH is 1. The summed E-state index contributed by atoms with van der Waals surface area (Å²) in [5.74, 6) is 0.0356. The van der Waals surface area contributed by atoms with Gasteiger partial charge in [-0.05, 0) is 24.8 Å². The Kier molecular flexibility index (Phi) is 6.70. The molecule has 1 aromatic rings. The van der Waals surface area contributed by atoms with Crippen LogP contribution in [0.2, 0.25) is 0 Å². The van der Waals surface area contributed by atoms with E-state index in [0.29, 0.717) is 6.04 Å². The third-order valence-corrected chi connectivity index (χ3v) is 4.07. The number of carbonyl (C=O) groups excluding carboxylic acids is 1. The zero-order valence-electron chi connectivity index (χ0n) is 12.6. The number of rotatable bonds is 7. The van der Waals surface area contributed by atoms with Crippen molar-refractivity contribution in [2.24, 2.45) is 0 Å². The molecule has 1 atom stereocenters. The second-order valence-electron chi connectivity index (χ2n) is 5.85. The highest BCUT2D eigenvalue weighted by molar-refractivity contribution is 5.78. The molecule has 4 nitrogen and oxygen atoms in total. The highest BCUT2D eigenvalue weighted by atomic mass is 16.3. The molecule has 2 rings (SSSR count). The molecule has 4 heteroatoms. The fourth-order valence-corrected chi connectivity index (χ4v) is 2.86. The van der Waals surface area contributed by atoms with Gasteiger partial charge in [0.25, 0.3) is 0 Å². The number of hydrogen-bond donors (Lipinski definition) is 3. The Morgan fingerprint density at radius 2 is 1.90 bits per heavy atom. The van der Waals surface area contributed by atoms with Crippen LogP contribution >= 0.6 is 0 Å². The zero-order chi connectivity index (χ0) is 14.9. The predicted molar refractivity (Wildman–Crippen MR) is 84.0 cm³/mol. The Hall–Kier alpha value is -1.39. The molecule has 3 N–H and O–H groups in total. The smallest absolute Gasteiger partial charge is 0.234 e. The van der Waals surface area contributed by atoms with E-state index >= 15 is 0 Å². The van der Waals surface area contributed by atoms with Crippen molar-refractivity contribution >= 4 is 5.91 Å². The molecule has 0 aromatic heterocycles. The van der Waals surface area contributed by atoms with Crippen LogP contribution in [0.1, 0.15) is 37.7 Å². The van der Waals surface area contributed by atoms with Crippen LogP contribution in [0.15, 0.2) is 30.3 Å². The number of aliphatic hydroxyl groups is 1. The van der Waals surface area contributed by atoms with E-state index in [1.54, 1.807) is 0 Å². The molecule has 0 spiro atoms. The van der Waals surface area contributed by atoms with Crippen LogP contribution < -0.4 is 10.6 Å². The summed E-state index contributed by atoms with van der Waals surface area (Å²) in [6.07, 6.45) is 6.64. The Labute approximate surface area is 126 Å². The van der Waals surface area contributed by atoms with Gasteiger partial charge in [-0.1, -0.05) is 49.6 Å². The minimum Gasteiger partial charge on any atom is -0.395 e. The highest BCUT2D eigenvalue weighted by Crippen LogP contribution is 2.17. The molecule has 0 bridgehead atoms. The van der Waals surface area contributed by atoms with Crippen LogP contribution in [0.25, 0.3) is 0 Å². The lowest BCUT2D eigenvalue weighted by atomic mass is 9.95. The van der Waals surface area contributed by atoms with E-state index in [1.165, 1.54) is 19.3 Å². The molecule has 116 valence electrons. The summed E-state index contributed by atoms with van der Waals surface area (Å²) in [4.78, 5) is 11.9. The van der Waals surface area contributed by atoms with Crippen molar-refractivity contribution in [3.63, 3.8) is 0 Å². The van der Waals surface area contributed by atoms with Crippen molar-refractivity contribution in [2.75, 3.05) is 13.2 Å². The SMILES string of the molecule is O=C(CNC(CO)Cc1ccccc1)NC1CCCCC1. The second-order valence-corrected chi connectivity index (χ2v) is 5.85. The Morgan fingerprint density at radius 1 is 1.19 bits per heavy atom. The monoisotopic (exact) mass is 290 g/mol. The number of nitrogens with one attached hydrogen (secondary N) is 2. The fraction of sp³-hybridized carbons (Fsp3) is 0.588. The first kappa shape index (κ1) is 16.0. The van der Waals surface area contributed by atoms with Crippen molar-refractivity contribution < 1.29 is 9.90 Å². The third-order valence-electron chi connectivity index (χ3n) is 4.07. The van der Waals surface area contributed by atoms with Gasteiger partial charge in [-0.3, -0.25) is 4.79 Å². The van der Waals surface area contributed by atoms with Gasteiger partial charge >= 0.3 is 0 Å². The van der Waals surface area contributed by atoms with E-state index in [4.69, 9.17) is 0 Å². The number of carbonyl (C=O) groups is 1. The maximum Gasteiger partial charge on any atom is 0.234 e. The van der Waals surface area contributed by atoms with Crippen LogP contribution in [-0.4, -0.2) is 36.2 Å². The van der Waals surface area contributed by atoms with E-state index in [0.717, 1.165) is 24.8 Å². The standard InChI is InChI=1S/C17H26N2O2/c20-13-16(11-14-7-3-1-4-8-14)18-12-17(21)19-15-9-5-2-6-10-15/h1,3-4,7-8,15-16,18,20H,2,5-6,9-13H2,(H,19,21). The minimum absolute atomic E-state index is 0.0333. The van der Waals surface area contributed by atoms with Crippen LogP contribution in [-0.2, 0) is 11.2 Å². The summed E-state index contributed by atoms with van der Waals surface area (Å²) in [5.41, 5.74) is 1.16. The first-order valence-corrected chi connectivity index (χ1v) is 7.95. The lowest BCUT2D eigenvalue weighted by Crippen LogP contribution is -2.45. The van der Waals surface area contributed by atoms with Crippen molar-refractivity contribution in [3.05, 3.63) is 35.9 Å². The lowest BCUT2D eigenvalue weighted by molar-refractivity contribution is -0.121. The molecule has 1 amide bonds. The average molecular weight is 290 g/mol. The van der Waals surface area contributed by atoms with Gasteiger partial charge in [-0.25, -0.2) is 0 Å². The van der Waals surface area contributed by atoms with Crippen molar-refractivity contribution in [3.8, 4) is 0 Å². The van der Waals surface area contributed by atoms with E-state index in [2.05, 4.69) is 10.6 Å². The van der Waals surface area contributed by atoms with Gasteiger partial charge in [0, 0.05) is 12.1 Å². The largest absolute Gasteiger partial charge is 0.395 e. The minimum atomic E-state index is -0.0792. The molecular formula is C17H26N2O2. The molecule has 1 aromatic carbocycles. The molecule has 1 fully saturated rings. The first-order valence-electron chi connectivity index (χ1n) is 7.95. The number of hydrogen-bond acceptors (Lipinski definition) is 3. The fourth-order valence-electron chi connectivity index (χ4n) is 2.86. The quantitative estimate of drug-likeness (QED) is 0.715. The number of amides is 1. The van der Waals surface area contributed by atoms with Gasteiger partial charge in [0.15, 0.2) is 0 Å².